The van der Waals surface area contributed by atoms with Crippen LogP contribution in [0.3, 0.4) is 0 Å². The normalized spacial score (nSPS) is 20.8. The minimum Gasteiger partial charge on any atom is -0.373 e. The molecular formula is C11H15N3O2. The number of nitrogens with two attached hydrogens (primary N) is 1. The molecule has 0 spiro atoms. The number of hydrogen-bond acceptors (Lipinski definition) is 4. The third kappa shape index (κ3) is 2.37. The molecule has 1 atom stereocenters. The second kappa shape index (κ2) is 5.05. The van der Waals surface area contributed by atoms with Gasteiger partial charge in [0, 0.05) is 37.6 Å². The summed E-state index contributed by atoms with van der Waals surface area (Å²) < 4.78 is 5.41. The number of rotatable bonds is 2. The van der Waals surface area contributed by atoms with Crippen molar-refractivity contribution in [3.63, 3.8) is 0 Å². The number of hydrogen-bond donors (Lipinski definition) is 1. The Morgan fingerprint density at radius 2 is 2.31 bits per heavy atom. The highest BCUT2D eigenvalue weighted by Gasteiger charge is 2.23. The number of nitrogens with zero attached hydrogens (tertiary/aromatic N) is 2. The van der Waals surface area contributed by atoms with Crippen molar-refractivity contribution in [2.75, 3.05) is 26.2 Å². The number of amides is 1. The van der Waals surface area contributed by atoms with Gasteiger partial charge in [0.1, 0.15) is 0 Å². The molecular weight excluding hydrogens is 206 g/mol. The third-order valence-corrected chi connectivity index (χ3v) is 2.62. The van der Waals surface area contributed by atoms with Crippen LogP contribution in [0.4, 0.5) is 0 Å². The van der Waals surface area contributed by atoms with Gasteiger partial charge in [0.2, 0.25) is 0 Å². The van der Waals surface area contributed by atoms with Gasteiger partial charge in [0.25, 0.3) is 5.91 Å². The summed E-state index contributed by atoms with van der Waals surface area (Å²) in [4.78, 5) is 17.7. The monoisotopic (exact) mass is 221 g/mol. The van der Waals surface area contributed by atoms with Crippen molar-refractivity contribution in [1.82, 2.24) is 9.88 Å². The lowest BCUT2D eigenvalue weighted by atomic mass is 10.2. The molecule has 2 rings (SSSR count). The van der Waals surface area contributed by atoms with Gasteiger partial charge in [-0.1, -0.05) is 0 Å². The molecule has 1 saturated heterocycles. The smallest absolute Gasteiger partial charge is 0.254 e. The van der Waals surface area contributed by atoms with Gasteiger partial charge in [-0.05, 0) is 12.1 Å². The van der Waals surface area contributed by atoms with E-state index in [9.17, 15) is 4.79 Å². The fourth-order valence-electron chi connectivity index (χ4n) is 1.72. The summed E-state index contributed by atoms with van der Waals surface area (Å²) in [5.74, 6) is 0.0177. The Balaban J connectivity index is 2.05. The van der Waals surface area contributed by atoms with Gasteiger partial charge < -0.3 is 15.4 Å². The topological polar surface area (TPSA) is 68.5 Å². The van der Waals surface area contributed by atoms with Crippen molar-refractivity contribution in [2.45, 2.75) is 6.10 Å². The number of morpholine rings is 1. The van der Waals surface area contributed by atoms with Crippen molar-refractivity contribution < 1.29 is 9.53 Å². The molecule has 2 N–H and O–H groups in total. The van der Waals surface area contributed by atoms with Gasteiger partial charge in [-0.2, -0.15) is 0 Å². The molecule has 0 radical (unpaired) electrons. The van der Waals surface area contributed by atoms with Gasteiger partial charge >= 0.3 is 0 Å². The highest BCUT2D eigenvalue weighted by atomic mass is 16.5. The first-order valence-corrected chi connectivity index (χ1v) is 5.32. The second-order valence-corrected chi connectivity index (χ2v) is 3.72. The molecule has 1 amide bonds. The molecule has 16 heavy (non-hydrogen) atoms. The second-order valence-electron chi connectivity index (χ2n) is 3.72. The maximum absolute atomic E-state index is 12.1. The van der Waals surface area contributed by atoms with E-state index < -0.39 is 0 Å². The molecule has 0 bridgehead atoms. The van der Waals surface area contributed by atoms with Crippen LogP contribution >= 0.6 is 0 Å². The van der Waals surface area contributed by atoms with E-state index in [0.717, 1.165) is 0 Å². The average molecular weight is 221 g/mol. The van der Waals surface area contributed by atoms with Crippen LogP contribution in [0.15, 0.2) is 24.5 Å². The zero-order valence-corrected chi connectivity index (χ0v) is 9.00. The number of pyridine rings is 1. The van der Waals surface area contributed by atoms with Crippen LogP contribution < -0.4 is 5.73 Å². The molecule has 1 aliphatic rings. The first-order chi connectivity index (χ1) is 7.81. The molecule has 1 unspecified atom stereocenters. The average Bonchev–Trinajstić information content (AvgIpc) is 2.39. The maximum atomic E-state index is 12.1. The van der Waals surface area contributed by atoms with E-state index in [1.54, 1.807) is 29.4 Å². The summed E-state index contributed by atoms with van der Waals surface area (Å²) in [6.45, 7) is 2.19. The predicted octanol–water partition coefficient (Wildman–Crippen LogP) is -0.119. The summed E-state index contributed by atoms with van der Waals surface area (Å²) in [6, 6.07) is 3.44. The Morgan fingerprint density at radius 1 is 1.56 bits per heavy atom. The predicted molar refractivity (Wildman–Crippen MR) is 58.9 cm³/mol. The largest absolute Gasteiger partial charge is 0.373 e. The van der Waals surface area contributed by atoms with Gasteiger partial charge in [0.05, 0.1) is 12.7 Å². The Bertz CT molecular complexity index is 356. The van der Waals surface area contributed by atoms with Crippen LogP contribution in [0.2, 0.25) is 0 Å². The van der Waals surface area contributed by atoms with E-state index in [1.807, 2.05) is 0 Å². The van der Waals surface area contributed by atoms with Gasteiger partial charge in [-0.15, -0.1) is 0 Å². The third-order valence-electron chi connectivity index (χ3n) is 2.62. The first-order valence-electron chi connectivity index (χ1n) is 5.32. The summed E-state index contributed by atoms with van der Waals surface area (Å²) in [5, 5.41) is 0. The number of carbonyl (C=O) groups is 1. The van der Waals surface area contributed by atoms with E-state index in [2.05, 4.69) is 4.98 Å². The lowest BCUT2D eigenvalue weighted by Gasteiger charge is -2.32. The quantitative estimate of drug-likeness (QED) is 0.756. The van der Waals surface area contributed by atoms with Gasteiger partial charge in [-0.25, -0.2) is 0 Å². The molecule has 1 aliphatic heterocycles. The minimum absolute atomic E-state index is 0.0177. The highest BCUT2D eigenvalue weighted by Crippen LogP contribution is 2.09. The minimum atomic E-state index is -0.0421. The van der Waals surface area contributed by atoms with E-state index in [1.165, 1.54) is 0 Å². The molecule has 1 aromatic rings. The van der Waals surface area contributed by atoms with Crippen LogP contribution in [0.25, 0.3) is 0 Å². The fraction of sp³-hybridized carbons (Fsp3) is 0.455. The highest BCUT2D eigenvalue weighted by molar-refractivity contribution is 5.94. The van der Waals surface area contributed by atoms with Crippen LogP contribution in [0.1, 0.15) is 10.4 Å². The van der Waals surface area contributed by atoms with E-state index in [-0.39, 0.29) is 12.0 Å². The van der Waals surface area contributed by atoms with Crippen LogP contribution in [-0.4, -0.2) is 48.1 Å². The molecule has 86 valence electrons. The number of aromatic nitrogens is 1. The molecule has 1 fully saturated rings. The van der Waals surface area contributed by atoms with Crippen molar-refractivity contribution in [3.8, 4) is 0 Å². The standard InChI is InChI=1S/C11H15N3O2/c12-7-10-8-14(5-6-16-10)11(15)9-1-3-13-4-2-9/h1-4,10H,5-8,12H2. The summed E-state index contributed by atoms with van der Waals surface area (Å²) in [6.07, 6.45) is 3.20. The van der Waals surface area contributed by atoms with Gasteiger partial charge in [-0.3, -0.25) is 9.78 Å². The molecule has 1 aromatic heterocycles. The molecule has 0 aliphatic carbocycles. The lowest BCUT2D eigenvalue weighted by Crippen LogP contribution is -2.48. The Hall–Kier alpha value is -1.46. The number of ether oxygens (including phenoxy) is 1. The zero-order chi connectivity index (χ0) is 11.4. The van der Waals surface area contributed by atoms with E-state index in [4.69, 9.17) is 10.5 Å². The van der Waals surface area contributed by atoms with Crippen LogP contribution in [-0.2, 0) is 4.74 Å². The van der Waals surface area contributed by atoms with Crippen LogP contribution in [0.5, 0.6) is 0 Å². The molecule has 0 saturated carbocycles. The van der Waals surface area contributed by atoms with Crippen molar-refractivity contribution in [1.29, 1.82) is 0 Å². The molecule has 2 heterocycles. The first kappa shape index (κ1) is 11.0. The SMILES string of the molecule is NCC1CN(C(=O)c2ccncc2)CCO1. The Labute approximate surface area is 94.2 Å². The van der Waals surface area contributed by atoms with Crippen molar-refractivity contribution >= 4 is 5.91 Å². The maximum Gasteiger partial charge on any atom is 0.254 e. The summed E-state index contributed by atoms with van der Waals surface area (Å²) in [5.41, 5.74) is 6.19. The molecule has 5 heteroatoms. The van der Waals surface area contributed by atoms with E-state index in [0.29, 0.717) is 31.8 Å². The summed E-state index contributed by atoms with van der Waals surface area (Å²) >= 11 is 0. The Morgan fingerprint density at radius 3 is 3.00 bits per heavy atom. The van der Waals surface area contributed by atoms with Crippen molar-refractivity contribution in [2.24, 2.45) is 5.73 Å². The lowest BCUT2D eigenvalue weighted by molar-refractivity contribution is -0.0167. The van der Waals surface area contributed by atoms with Gasteiger partial charge in [0.15, 0.2) is 0 Å². The molecule has 5 nitrogen and oxygen atoms in total. The fourth-order valence-corrected chi connectivity index (χ4v) is 1.72. The zero-order valence-electron chi connectivity index (χ0n) is 9.00. The van der Waals surface area contributed by atoms with Crippen molar-refractivity contribution in [3.05, 3.63) is 30.1 Å². The number of carbonyl (C=O) groups excluding carboxylic acids is 1. The van der Waals surface area contributed by atoms with E-state index >= 15 is 0 Å². The molecule has 0 aromatic carbocycles. The Kier molecular flexibility index (Phi) is 3.48. The van der Waals surface area contributed by atoms with Crippen LogP contribution in [0, 0.1) is 0 Å². The summed E-state index contributed by atoms with van der Waals surface area (Å²) in [7, 11) is 0.